The number of aromatic nitrogens is 3. The summed E-state index contributed by atoms with van der Waals surface area (Å²) in [6.45, 7) is 0. The van der Waals surface area contributed by atoms with Gasteiger partial charge in [-0.3, -0.25) is 9.36 Å². The van der Waals surface area contributed by atoms with Crippen molar-refractivity contribution in [3.8, 4) is 0 Å². The quantitative estimate of drug-likeness (QED) is 0.734. The van der Waals surface area contributed by atoms with E-state index in [0.717, 1.165) is 11.4 Å². The Morgan fingerprint density at radius 3 is 2.84 bits per heavy atom. The number of carbonyl (C=O) groups excluding carboxylic acids is 1. The normalized spacial score (nSPS) is 10.5. The zero-order valence-corrected chi connectivity index (χ0v) is 10.9. The number of nitrogens with zero attached hydrogens (tertiary/aromatic N) is 3. The van der Waals surface area contributed by atoms with Crippen LogP contribution < -0.4 is 0 Å². The molecule has 0 aliphatic rings. The number of rotatable bonds is 3. The van der Waals surface area contributed by atoms with Gasteiger partial charge < -0.3 is 0 Å². The summed E-state index contributed by atoms with van der Waals surface area (Å²) in [7, 11) is 0. The van der Waals surface area contributed by atoms with Crippen LogP contribution in [-0.4, -0.2) is 20.4 Å². The maximum absolute atomic E-state index is 12.0. The van der Waals surface area contributed by atoms with Crippen molar-refractivity contribution in [3.63, 3.8) is 0 Å². The van der Waals surface area contributed by atoms with Crippen LogP contribution in [0.4, 0.5) is 0 Å². The Labute approximate surface area is 114 Å². The van der Waals surface area contributed by atoms with Crippen molar-refractivity contribution in [2.24, 2.45) is 0 Å². The molecule has 0 amide bonds. The van der Waals surface area contributed by atoms with Gasteiger partial charge in [0.05, 0.1) is 5.01 Å². The van der Waals surface area contributed by atoms with Crippen LogP contribution in [0.3, 0.4) is 0 Å². The zero-order valence-electron chi connectivity index (χ0n) is 10.1. The van der Waals surface area contributed by atoms with Crippen molar-refractivity contribution in [2.75, 3.05) is 0 Å². The third-order valence-electron chi connectivity index (χ3n) is 2.71. The van der Waals surface area contributed by atoms with E-state index in [0.29, 0.717) is 5.69 Å². The summed E-state index contributed by atoms with van der Waals surface area (Å²) < 4.78 is 1.43. The number of carbonyl (C=O) groups is 1. The molecule has 0 fully saturated rings. The van der Waals surface area contributed by atoms with Crippen molar-refractivity contribution >= 4 is 17.2 Å². The maximum atomic E-state index is 12.0. The number of thiazole rings is 1. The summed E-state index contributed by atoms with van der Waals surface area (Å²) in [5.41, 5.74) is 1.66. The first kappa shape index (κ1) is 11.8. The van der Waals surface area contributed by atoms with Crippen molar-refractivity contribution in [3.05, 3.63) is 70.7 Å². The number of imidazole rings is 1. The fourth-order valence-electron chi connectivity index (χ4n) is 1.77. The molecule has 3 rings (SSSR count). The SMILES string of the molecule is O=C(c1csc(Cc2ccccc2)n1)n1ccnc1. The molecule has 0 aliphatic heterocycles. The minimum absolute atomic E-state index is 0.145. The van der Waals surface area contributed by atoms with Crippen LogP contribution in [0.25, 0.3) is 0 Å². The van der Waals surface area contributed by atoms with Gasteiger partial charge in [0, 0.05) is 24.2 Å². The van der Waals surface area contributed by atoms with Crippen LogP contribution in [-0.2, 0) is 6.42 Å². The van der Waals surface area contributed by atoms with Gasteiger partial charge in [-0.2, -0.15) is 0 Å². The van der Waals surface area contributed by atoms with Gasteiger partial charge in [0.25, 0.3) is 5.91 Å². The second-order valence-electron chi connectivity index (χ2n) is 4.06. The van der Waals surface area contributed by atoms with Crippen molar-refractivity contribution in [2.45, 2.75) is 6.42 Å². The Hall–Kier alpha value is -2.27. The predicted octanol–water partition coefficient (Wildman–Crippen LogP) is 2.62. The second kappa shape index (κ2) is 5.16. The molecule has 5 heteroatoms. The van der Waals surface area contributed by atoms with E-state index in [9.17, 15) is 4.79 Å². The molecule has 0 radical (unpaired) electrons. The molecule has 2 heterocycles. The highest BCUT2D eigenvalue weighted by atomic mass is 32.1. The Kier molecular flexibility index (Phi) is 3.20. The van der Waals surface area contributed by atoms with Gasteiger partial charge in [-0.15, -0.1) is 11.3 Å². The van der Waals surface area contributed by atoms with Crippen molar-refractivity contribution in [1.82, 2.24) is 14.5 Å². The summed E-state index contributed by atoms with van der Waals surface area (Å²) in [6.07, 6.45) is 5.44. The highest BCUT2D eigenvalue weighted by molar-refractivity contribution is 7.09. The summed E-state index contributed by atoms with van der Waals surface area (Å²) >= 11 is 1.50. The topological polar surface area (TPSA) is 47.8 Å². The molecule has 0 N–H and O–H groups in total. The van der Waals surface area contributed by atoms with Gasteiger partial charge in [0.15, 0.2) is 0 Å². The average molecular weight is 269 g/mol. The minimum atomic E-state index is -0.145. The third kappa shape index (κ3) is 2.61. The van der Waals surface area contributed by atoms with Crippen LogP contribution in [0.2, 0.25) is 0 Å². The van der Waals surface area contributed by atoms with Crippen LogP contribution in [0.5, 0.6) is 0 Å². The molecule has 1 aromatic carbocycles. The number of benzene rings is 1. The van der Waals surface area contributed by atoms with Gasteiger partial charge in [0.2, 0.25) is 0 Å². The summed E-state index contributed by atoms with van der Waals surface area (Å²) in [5, 5.41) is 2.73. The van der Waals surface area contributed by atoms with Crippen LogP contribution in [0, 0.1) is 0 Å². The van der Waals surface area contributed by atoms with Gasteiger partial charge in [-0.25, -0.2) is 9.97 Å². The first-order valence-corrected chi connectivity index (χ1v) is 6.72. The molecule has 0 saturated carbocycles. The number of hydrogen-bond acceptors (Lipinski definition) is 4. The molecule has 0 spiro atoms. The molecule has 0 atom stereocenters. The Morgan fingerprint density at radius 1 is 1.26 bits per heavy atom. The van der Waals surface area contributed by atoms with Crippen molar-refractivity contribution in [1.29, 1.82) is 0 Å². The first-order chi connectivity index (χ1) is 9.33. The molecule has 0 saturated heterocycles. The lowest BCUT2D eigenvalue weighted by Crippen LogP contribution is -2.10. The molecule has 4 nitrogen and oxygen atoms in total. The molecule has 3 aromatic rings. The van der Waals surface area contributed by atoms with Crippen LogP contribution in [0.15, 0.2) is 54.4 Å². The smallest absolute Gasteiger partial charge is 0.271 e. The lowest BCUT2D eigenvalue weighted by molar-refractivity contribution is 0.0955. The van der Waals surface area contributed by atoms with E-state index in [1.54, 1.807) is 17.8 Å². The highest BCUT2D eigenvalue weighted by Gasteiger charge is 2.12. The fraction of sp³-hybridized carbons (Fsp3) is 0.0714. The lowest BCUT2D eigenvalue weighted by atomic mass is 10.2. The molecular formula is C14H11N3OS. The lowest BCUT2D eigenvalue weighted by Gasteiger charge is -1.97. The number of hydrogen-bond donors (Lipinski definition) is 0. The fourth-order valence-corrected chi connectivity index (χ4v) is 2.57. The van der Waals surface area contributed by atoms with E-state index < -0.39 is 0 Å². The largest absolute Gasteiger partial charge is 0.282 e. The molecule has 19 heavy (non-hydrogen) atoms. The van der Waals surface area contributed by atoms with Gasteiger partial charge in [-0.05, 0) is 5.56 Å². The second-order valence-corrected chi connectivity index (χ2v) is 5.01. The van der Waals surface area contributed by atoms with E-state index in [1.165, 1.54) is 27.8 Å². The molecule has 0 aliphatic carbocycles. The minimum Gasteiger partial charge on any atom is -0.271 e. The van der Waals surface area contributed by atoms with Crippen molar-refractivity contribution < 1.29 is 4.79 Å². The van der Waals surface area contributed by atoms with Crippen LogP contribution in [0.1, 0.15) is 21.1 Å². The molecule has 2 aromatic heterocycles. The van der Waals surface area contributed by atoms with Gasteiger partial charge in [-0.1, -0.05) is 30.3 Å². The summed E-state index contributed by atoms with van der Waals surface area (Å²) in [4.78, 5) is 20.3. The summed E-state index contributed by atoms with van der Waals surface area (Å²) in [5.74, 6) is -0.145. The van der Waals surface area contributed by atoms with E-state index >= 15 is 0 Å². The standard InChI is InChI=1S/C14H11N3OS/c18-14(17-7-6-15-10-17)12-9-19-13(16-12)8-11-4-2-1-3-5-11/h1-7,9-10H,8H2. The highest BCUT2D eigenvalue weighted by Crippen LogP contribution is 2.15. The van der Waals surface area contributed by atoms with Gasteiger partial charge in [0.1, 0.15) is 12.0 Å². The molecule has 94 valence electrons. The zero-order chi connectivity index (χ0) is 13.1. The van der Waals surface area contributed by atoms with E-state index in [4.69, 9.17) is 0 Å². The van der Waals surface area contributed by atoms with E-state index in [1.807, 2.05) is 18.2 Å². The van der Waals surface area contributed by atoms with E-state index in [2.05, 4.69) is 22.1 Å². The Balaban J connectivity index is 1.78. The third-order valence-corrected chi connectivity index (χ3v) is 3.56. The van der Waals surface area contributed by atoms with Gasteiger partial charge >= 0.3 is 0 Å². The molecular weight excluding hydrogens is 258 g/mol. The molecule has 0 bridgehead atoms. The first-order valence-electron chi connectivity index (χ1n) is 5.84. The predicted molar refractivity (Wildman–Crippen MR) is 73.3 cm³/mol. The Morgan fingerprint density at radius 2 is 2.11 bits per heavy atom. The monoisotopic (exact) mass is 269 g/mol. The maximum Gasteiger partial charge on any atom is 0.282 e. The van der Waals surface area contributed by atoms with Crippen LogP contribution >= 0.6 is 11.3 Å². The van der Waals surface area contributed by atoms with E-state index in [-0.39, 0.29) is 5.91 Å². The summed E-state index contributed by atoms with van der Waals surface area (Å²) in [6, 6.07) is 10.1. The average Bonchev–Trinajstić information content (AvgIpc) is 3.10. The Bertz CT molecular complexity index is 674. The molecule has 0 unspecified atom stereocenters.